The molecule has 2 saturated heterocycles. The van der Waals surface area contributed by atoms with Gasteiger partial charge in [0.2, 0.25) is 10.0 Å². The molecule has 7 nitrogen and oxygen atoms in total. The summed E-state index contributed by atoms with van der Waals surface area (Å²) in [6.07, 6.45) is -7.98. The molecule has 3 rings (SSSR count). The first-order valence-corrected chi connectivity index (χ1v) is 11.2. The molecule has 12 heteroatoms. The quantitative estimate of drug-likeness (QED) is 0.617. The Balaban J connectivity index is 1.66. The molecule has 174 valence electrons. The Morgan fingerprint density at radius 1 is 1.16 bits per heavy atom. The lowest BCUT2D eigenvalue weighted by molar-refractivity contribution is -0.253. The summed E-state index contributed by atoms with van der Waals surface area (Å²) in [5.74, 6) is -1.88. The molecule has 2 fully saturated rings. The van der Waals surface area contributed by atoms with Crippen LogP contribution in [0.4, 0.5) is 17.6 Å². The average Bonchev–Trinajstić information content (AvgIpc) is 2.74. The monoisotopic (exact) mass is 469 g/mol. The van der Waals surface area contributed by atoms with Gasteiger partial charge >= 0.3 is 18.5 Å². The summed E-state index contributed by atoms with van der Waals surface area (Å²) in [6.45, 7) is 0.344. The van der Waals surface area contributed by atoms with Crippen LogP contribution in [0, 0.1) is 0 Å². The van der Waals surface area contributed by atoms with Crippen LogP contribution < -0.4 is 4.74 Å². The molecule has 0 spiro atoms. The zero-order valence-electron chi connectivity index (χ0n) is 16.5. The molecule has 2 aliphatic heterocycles. The second-order valence-corrected chi connectivity index (χ2v) is 9.87. The first-order chi connectivity index (χ1) is 14.5. The number of piperidine rings is 1. The first-order valence-electron chi connectivity index (χ1n) is 9.75. The zero-order chi connectivity index (χ0) is 22.9. The second-order valence-electron chi connectivity index (χ2n) is 7.62. The molecule has 1 aromatic rings. The number of halogens is 4. The molecule has 2 heterocycles. The van der Waals surface area contributed by atoms with Crippen molar-refractivity contribution in [1.29, 1.82) is 0 Å². The number of carboxylic acid groups (broad SMARTS) is 1. The Kier molecular flexibility index (Phi) is 6.82. The maximum atomic E-state index is 13.1. The number of aliphatic carboxylic acids is 1. The summed E-state index contributed by atoms with van der Waals surface area (Å²) in [5.41, 5.74) is 0.726. The highest BCUT2D eigenvalue weighted by Gasteiger charge is 2.54. The smallest absolute Gasteiger partial charge is 0.461 e. The zero-order valence-corrected chi connectivity index (χ0v) is 17.3. The van der Waals surface area contributed by atoms with E-state index < -0.39 is 39.0 Å². The lowest BCUT2D eigenvalue weighted by atomic mass is 9.90. The van der Waals surface area contributed by atoms with Crippen molar-refractivity contribution in [2.24, 2.45) is 0 Å². The predicted molar refractivity (Wildman–Crippen MR) is 101 cm³/mol. The molecule has 0 bridgehead atoms. The Hall–Kier alpha value is -1.92. The topological polar surface area (TPSA) is 93.1 Å². The summed E-state index contributed by atoms with van der Waals surface area (Å²) in [4.78, 5) is 11.9. The van der Waals surface area contributed by atoms with E-state index in [2.05, 4.69) is 4.74 Å². The van der Waals surface area contributed by atoms with Crippen LogP contribution in [0.2, 0.25) is 0 Å². The molecular weight excluding hydrogens is 446 g/mol. The number of hydrogen-bond acceptors (Lipinski definition) is 5. The Labute approximate surface area is 177 Å². The first kappa shape index (κ1) is 23.7. The largest absolute Gasteiger partial charge is 0.480 e. The summed E-state index contributed by atoms with van der Waals surface area (Å²) in [5, 5.41) is 9.65. The van der Waals surface area contributed by atoms with E-state index in [1.807, 2.05) is 0 Å². The fraction of sp³-hybridized carbons (Fsp3) is 0.632. The molecule has 1 N–H and O–H groups in total. The van der Waals surface area contributed by atoms with Crippen molar-refractivity contribution in [2.75, 3.05) is 26.3 Å². The van der Waals surface area contributed by atoms with Gasteiger partial charge < -0.3 is 14.6 Å². The van der Waals surface area contributed by atoms with Crippen molar-refractivity contribution >= 4 is 16.0 Å². The third-order valence-corrected chi connectivity index (χ3v) is 8.45. The highest BCUT2D eigenvalue weighted by atomic mass is 32.2. The minimum Gasteiger partial charge on any atom is -0.480 e. The maximum absolute atomic E-state index is 13.1. The van der Waals surface area contributed by atoms with Crippen molar-refractivity contribution in [3.8, 4) is 5.75 Å². The van der Waals surface area contributed by atoms with Gasteiger partial charge in [-0.15, -0.1) is 0 Å². The Bertz CT molecular complexity index is 879. The Morgan fingerprint density at radius 2 is 1.71 bits per heavy atom. The van der Waals surface area contributed by atoms with Gasteiger partial charge in [-0.1, -0.05) is 12.1 Å². The van der Waals surface area contributed by atoms with Crippen molar-refractivity contribution in [2.45, 2.75) is 48.9 Å². The summed E-state index contributed by atoms with van der Waals surface area (Å²) in [7, 11) is -4.11. The standard InChI is InChI=1S/C19H23F4NO6S/c20-16(21)19(22,23)30-15-3-1-13(2-4-15)14-5-9-24(10-6-14)31(27,28)18(17(25)26)7-11-29-12-8-18/h1-4,14,16H,5-12H2,(H,25,26). The van der Waals surface area contributed by atoms with Crippen molar-refractivity contribution < 1.29 is 45.4 Å². The molecule has 0 unspecified atom stereocenters. The van der Waals surface area contributed by atoms with Crippen LogP contribution in [0.5, 0.6) is 5.75 Å². The third-order valence-electron chi connectivity index (χ3n) is 5.84. The third kappa shape index (κ3) is 4.65. The lowest BCUT2D eigenvalue weighted by Gasteiger charge is -2.39. The van der Waals surface area contributed by atoms with Gasteiger partial charge in [-0.2, -0.15) is 17.6 Å². The van der Waals surface area contributed by atoms with Crippen LogP contribution in [-0.2, 0) is 19.6 Å². The van der Waals surface area contributed by atoms with Gasteiger partial charge in [-0.05, 0) is 36.5 Å². The number of carboxylic acids is 1. The van der Waals surface area contributed by atoms with Crippen molar-refractivity contribution in [1.82, 2.24) is 4.31 Å². The number of carbonyl (C=O) groups is 1. The lowest BCUT2D eigenvalue weighted by Crippen LogP contribution is -2.57. The molecule has 1 aromatic carbocycles. The predicted octanol–water partition coefficient (Wildman–Crippen LogP) is 3.07. The normalized spacial score (nSPS) is 21.2. The number of ether oxygens (including phenoxy) is 2. The van der Waals surface area contributed by atoms with Gasteiger partial charge in [-0.25, -0.2) is 12.7 Å². The second kappa shape index (κ2) is 8.91. The van der Waals surface area contributed by atoms with E-state index in [0.717, 1.165) is 17.7 Å². The number of benzene rings is 1. The number of sulfonamides is 1. The summed E-state index contributed by atoms with van der Waals surface area (Å²) >= 11 is 0. The van der Waals surface area contributed by atoms with E-state index in [1.54, 1.807) is 0 Å². The molecular formula is C19H23F4NO6S. The molecule has 0 aromatic heterocycles. The van der Waals surface area contributed by atoms with Gasteiger partial charge in [0.1, 0.15) is 5.75 Å². The van der Waals surface area contributed by atoms with E-state index in [0.29, 0.717) is 12.8 Å². The highest BCUT2D eigenvalue weighted by molar-refractivity contribution is 7.91. The molecule has 2 aliphatic rings. The van der Waals surface area contributed by atoms with Crippen molar-refractivity contribution in [3.63, 3.8) is 0 Å². The van der Waals surface area contributed by atoms with E-state index >= 15 is 0 Å². The maximum Gasteiger partial charge on any atom is 0.461 e. The molecule has 0 radical (unpaired) electrons. The number of alkyl halides is 4. The number of rotatable bonds is 7. The SMILES string of the molecule is O=C(O)C1(S(=O)(=O)N2CCC(c3ccc(OC(F)(F)C(F)F)cc3)CC2)CCOCC1. The van der Waals surface area contributed by atoms with Crippen LogP contribution in [-0.4, -0.2) is 67.4 Å². The van der Waals surface area contributed by atoms with Gasteiger partial charge in [0.05, 0.1) is 0 Å². The summed E-state index contributed by atoms with van der Waals surface area (Å²) < 4.78 is 85.2. The minimum absolute atomic E-state index is 0.0566. The fourth-order valence-corrected chi connectivity index (χ4v) is 6.06. The van der Waals surface area contributed by atoms with Gasteiger partial charge in [0, 0.05) is 39.1 Å². The van der Waals surface area contributed by atoms with Crippen LogP contribution in [0.15, 0.2) is 24.3 Å². The summed E-state index contributed by atoms with van der Waals surface area (Å²) in [6, 6.07) is 5.28. The van der Waals surface area contributed by atoms with E-state index in [-0.39, 0.29) is 45.1 Å². The number of hydrogen-bond donors (Lipinski definition) is 1. The van der Waals surface area contributed by atoms with E-state index in [9.17, 15) is 35.9 Å². The highest BCUT2D eigenvalue weighted by Crippen LogP contribution is 2.37. The van der Waals surface area contributed by atoms with Gasteiger partial charge in [0.25, 0.3) is 0 Å². The van der Waals surface area contributed by atoms with Gasteiger partial charge in [0.15, 0.2) is 4.75 Å². The van der Waals surface area contributed by atoms with Crippen LogP contribution >= 0.6 is 0 Å². The molecule has 0 amide bonds. The van der Waals surface area contributed by atoms with E-state index in [4.69, 9.17) is 4.74 Å². The molecule has 0 atom stereocenters. The minimum atomic E-state index is -4.59. The molecule has 0 aliphatic carbocycles. The van der Waals surface area contributed by atoms with Crippen molar-refractivity contribution in [3.05, 3.63) is 29.8 Å². The molecule has 31 heavy (non-hydrogen) atoms. The molecule has 0 saturated carbocycles. The average molecular weight is 469 g/mol. The fourth-order valence-electron chi connectivity index (χ4n) is 3.97. The van der Waals surface area contributed by atoms with Gasteiger partial charge in [-0.3, -0.25) is 4.79 Å². The van der Waals surface area contributed by atoms with E-state index in [1.165, 1.54) is 16.4 Å². The Morgan fingerprint density at radius 3 is 2.19 bits per heavy atom. The number of nitrogens with zero attached hydrogens (tertiary/aromatic N) is 1. The van der Waals surface area contributed by atoms with Crippen LogP contribution in [0.3, 0.4) is 0 Å². The van der Waals surface area contributed by atoms with Crippen LogP contribution in [0.1, 0.15) is 37.2 Å². The van der Waals surface area contributed by atoms with Crippen LogP contribution in [0.25, 0.3) is 0 Å².